The highest BCUT2D eigenvalue weighted by atomic mass is 19.4. The van der Waals surface area contributed by atoms with Crippen molar-refractivity contribution >= 4 is 12.0 Å². The first-order valence-electron chi connectivity index (χ1n) is 6.80. The Bertz CT molecular complexity index is 422. The summed E-state index contributed by atoms with van der Waals surface area (Å²) in [6.07, 6.45) is -4.80. The van der Waals surface area contributed by atoms with Gasteiger partial charge in [-0.15, -0.1) is 0 Å². The Balaban J connectivity index is 4.49. The van der Waals surface area contributed by atoms with E-state index in [1.165, 1.54) is 0 Å². The summed E-state index contributed by atoms with van der Waals surface area (Å²) < 4.78 is 43.4. The second-order valence-corrected chi connectivity index (χ2v) is 6.04. The maximum Gasteiger partial charge on any atom is 0.408 e. The molecule has 0 spiro atoms. The van der Waals surface area contributed by atoms with Gasteiger partial charge in [0.15, 0.2) is 0 Å². The van der Waals surface area contributed by atoms with Gasteiger partial charge in [0.2, 0.25) is 5.91 Å². The molecule has 0 aliphatic rings. The molecule has 0 aliphatic heterocycles. The van der Waals surface area contributed by atoms with Gasteiger partial charge in [0.1, 0.15) is 11.6 Å². The van der Waals surface area contributed by atoms with Gasteiger partial charge in [0.05, 0.1) is 0 Å². The summed E-state index contributed by atoms with van der Waals surface area (Å²) in [4.78, 5) is 22.7. The minimum atomic E-state index is -4.60. The zero-order valence-corrected chi connectivity index (χ0v) is 13.4. The summed E-state index contributed by atoms with van der Waals surface area (Å²) in [6, 6.07) is -2.04. The van der Waals surface area contributed by atoms with Crippen LogP contribution in [0.2, 0.25) is 0 Å². The molecule has 8 heteroatoms. The van der Waals surface area contributed by atoms with E-state index in [4.69, 9.17) is 4.74 Å². The highest BCUT2D eigenvalue weighted by Gasteiger charge is 2.40. The molecule has 2 amide bonds. The van der Waals surface area contributed by atoms with Gasteiger partial charge in [-0.3, -0.25) is 4.79 Å². The quantitative estimate of drug-likeness (QED) is 0.764. The molecule has 0 aromatic heterocycles. The number of hydrogen-bond acceptors (Lipinski definition) is 3. The molecule has 1 atom stereocenters. The van der Waals surface area contributed by atoms with E-state index in [0.717, 1.165) is 6.08 Å². The number of carbonyl (C=O) groups excluding carboxylic acids is 2. The Hall–Kier alpha value is -1.73. The molecule has 5 nitrogen and oxygen atoms in total. The maximum absolute atomic E-state index is 12.8. The summed E-state index contributed by atoms with van der Waals surface area (Å²) in [5, 5.41) is 4.11. The maximum atomic E-state index is 12.8. The standard InChI is InChI=1S/C14H23F3N2O3/c1-9(2)8-11(20)19-10(14(15,16)17)6-7-18-12(21)22-13(3,4)5/h8,10H,6-7H2,1-5H3,(H,18,21)(H,19,20)/t10-/m1/s1. The molecular weight excluding hydrogens is 301 g/mol. The van der Waals surface area contributed by atoms with Gasteiger partial charge in [-0.05, 0) is 41.0 Å². The smallest absolute Gasteiger partial charge is 0.408 e. The van der Waals surface area contributed by atoms with Crippen molar-refractivity contribution in [2.45, 2.75) is 58.9 Å². The highest BCUT2D eigenvalue weighted by Crippen LogP contribution is 2.22. The lowest BCUT2D eigenvalue weighted by Gasteiger charge is -2.22. The fourth-order valence-corrected chi connectivity index (χ4v) is 1.43. The third kappa shape index (κ3) is 10.1. The second kappa shape index (κ2) is 8.05. The average Bonchev–Trinajstić information content (AvgIpc) is 2.22. The molecule has 0 unspecified atom stereocenters. The third-order valence-electron chi connectivity index (χ3n) is 2.23. The predicted molar refractivity (Wildman–Crippen MR) is 76.3 cm³/mol. The normalized spacial score (nSPS) is 13.1. The van der Waals surface area contributed by atoms with E-state index in [-0.39, 0.29) is 6.54 Å². The fourth-order valence-electron chi connectivity index (χ4n) is 1.43. The predicted octanol–water partition coefficient (Wildman–Crippen LogP) is 2.91. The Labute approximate surface area is 128 Å². The van der Waals surface area contributed by atoms with Gasteiger partial charge in [0, 0.05) is 12.6 Å². The SMILES string of the molecule is CC(C)=CC(=O)N[C@H](CCNC(=O)OC(C)(C)C)C(F)(F)F. The highest BCUT2D eigenvalue weighted by molar-refractivity contribution is 5.88. The van der Waals surface area contributed by atoms with Crippen LogP contribution in [0.1, 0.15) is 41.0 Å². The molecule has 0 aliphatic carbocycles. The van der Waals surface area contributed by atoms with Crippen LogP contribution < -0.4 is 10.6 Å². The minimum Gasteiger partial charge on any atom is -0.444 e. The summed E-state index contributed by atoms with van der Waals surface area (Å²) in [5.74, 6) is -0.820. The molecule has 0 aromatic rings. The molecule has 0 bridgehead atoms. The number of carbonyl (C=O) groups is 2. The molecule has 0 radical (unpaired) electrons. The number of rotatable bonds is 5. The van der Waals surface area contributed by atoms with Gasteiger partial charge in [-0.1, -0.05) is 5.57 Å². The van der Waals surface area contributed by atoms with Crippen LogP contribution in [0.4, 0.5) is 18.0 Å². The second-order valence-electron chi connectivity index (χ2n) is 6.04. The number of allylic oxidation sites excluding steroid dienone is 1. The van der Waals surface area contributed by atoms with E-state index in [1.807, 2.05) is 5.32 Å². The molecule has 128 valence electrons. The van der Waals surface area contributed by atoms with Crippen molar-refractivity contribution in [3.05, 3.63) is 11.6 Å². The van der Waals surface area contributed by atoms with Crippen LogP contribution in [-0.2, 0) is 9.53 Å². The molecule has 0 saturated carbocycles. The lowest BCUT2D eigenvalue weighted by Crippen LogP contribution is -2.47. The topological polar surface area (TPSA) is 67.4 Å². The Morgan fingerprint density at radius 1 is 1.18 bits per heavy atom. The zero-order chi connectivity index (χ0) is 17.6. The Kier molecular flexibility index (Phi) is 7.42. The van der Waals surface area contributed by atoms with Crippen LogP contribution >= 0.6 is 0 Å². The first-order chi connectivity index (χ1) is 9.81. The molecule has 0 rings (SSSR count). The number of ether oxygens (including phenoxy) is 1. The Morgan fingerprint density at radius 3 is 2.14 bits per heavy atom. The number of alkyl halides is 3. The summed E-state index contributed by atoms with van der Waals surface area (Å²) >= 11 is 0. The largest absolute Gasteiger partial charge is 0.444 e. The van der Waals surface area contributed by atoms with Crippen LogP contribution in [0.3, 0.4) is 0 Å². The third-order valence-corrected chi connectivity index (χ3v) is 2.23. The zero-order valence-electron chi connectivity index (χ0n) is 13.4. The number of halogens is 3. The van der Waals surface area contributed by atoms with Gasteiger partial charge in [0.25, 0.3) is 0 Å². The number of amides is 2. The summed E-state index contributed by atoms with van der Waals surface area (Å²) in [5.41, 5.74) is -0.143. The van der Waals surface area contributed by atoms with Gasteiger partial charge >= 0.3 is 12.3 Å². The van der Waals surface area contributed by atoms with Crippen molar-refractivity contribution in [1.29, 1.82) is 0 Å². The van der Waals surface area contributed by atoms with E-state index < -0.39 is 36.2 Å². The van der Waals surface area contributed by atoms with Gasteiger partial charge in [-0.2, -0.15) is 13.2 Å². The number of nitrogens with one attached hydrogen (secondary N) is 2. The van der Waals surface area contributed by atoms with Crippen molar-refractivity contribution in [3.63, 3.8) is 0 Å². The average molecular weight is 324 g/mol. The van der Waals surface area contributed by atoms with Crippen LogP contribution in [0.5, 0.6) is 0 Å². The van der Waals surface area contributed by atoms with Gasteiger partial charge in [-0.25, -0.2) is 4.79 Å². The van der Waals surface area contributed by atoms with Crippen LogP contribution in [0.25, 0.3) is 0 Å². The van der Waals surface area contributed by atoms with Crippen LogP contribution in [0.15, 0.2) is 11.6 Å². The van der Waals surface area contributed by atoms with Crippen LogP contribution in [0, 0.1) is 0 Å². The van der Waals surface area contributed by atoms with Crippen molar-refractivity contribution < 1.29 is 27.5 Å². The van der Waals surface area contributed by atoms with E-state index in [9.17, 15) is 22.8 Å². The molecular formula is C14H23F3N2O3. The first kappa shape index (κ1) is 20.3. The van der Waals surface area contributed by atoms with Crippen molar-refractivity contribution in [1.82, 2.24) is 10.6 Å². The van der Waals surface area contributed by atoms with Crippen molar-refractivity contribution in [2.24, 2.45) is 0 Å². The van der Waals surface area contributed by atoms with E-state index in [1.54, 1.807) is 34.6 Å². The number of hydrogen-bond donors (Lipinski definition) is 2. The fraction of sp³-hybridized carbons (Fsp3) is 0.714. The van der Waals surface area contributed by atoms with Crippen molar-refractivity contribution in [3.8, 4) is 0 Å². The lowest BCUT2D eigenvalue weighted by molar-refractivity contribution is -0.161. The Morgan fingerprint density at radius 2 is 1.73 bits per heavy atom. The molecule has 0 saturated heterocycles. The lowest BCUT2D eigenvalue weighted by atomic mass is 10.2. The monoisotopic (exact) mass is 324 g/mol. The van der Waals surface area contributed by atoms with E-state index >= 15 is 0 Å². The summed E-state index contributed by atoms with van der Waals surface area (Å²) in [6.45, 7) is 7.87. The van der Waals surface area contributed by atoms with E-state index in [0.29, 0.717) is 5.57 Å². The van der Waals surface area contributed by atoms with Crippen LogP contribution in [-0.4, -0.2) is 36.4 Å². The molecule has 2 N–H and O–H groups in total. The van der Waals surface area contributed by atoms with Crippen molar-refractivity contribution in [2.75, 3.05) is 6.54 Å². The molecule has 0 aromatic carbocycles. The molecule has 22 heavy (non-hydrogen) atoms. The molecule has 0 heterocycles. The van der Waals surface area contributed by atoms with E-state index in [2.05, 4.69) is 5.32 Å². The van der Waals surface area contributed by atoms with Gasteiger partial charge < -0.3 is 15.4 Å². The minimum absolute atomic E-state index is 0.270. The molecule has 0 fully saturated rings. The summed E-state index contributed by atoms with van der Waals surface area (Å²) in [7, 11) is 0. The number of alkyl carbamates (subject to hydrolysis) is 1. The first-order valence-corrected chi connectivity index (χ1v) is 6.80.